The molecule has 15 heavy (non-hydrogen) atoms. The van der Waals surface area contributed by atoms with Crippen molar-refractivity contribution in [3.05, 3.63) is 0 Å². The highest BCUT2D eigenvalue weighted by Crippen LogP contribution is 2.27. The van der Waals surface area contributed by atoms with Crippen LogP contribution in [0.25, 0.3) is 0 Å². The molecule has 2 N–H and O–H groups in total. The minimum absolute atomic E-state index is 0.109. The van der Waals surface area contributed by atoms with Gasteiger partial charge >= 0.3 is 11.9 Å². The van der Waals surface area contributed by atoms with Gasteiger partial charge in [-0.1, -0.05) is 34.8 Å². The van der Waals surface area contributed by atoms with Crippen LogP contribution in [-0.4, -0.2) is 28.1 Å². The summed E-state index contributed by atoms with van der Waals surface area (Å²) in [5, 5.41) is 0. The number of hydrogen-bond acceptors (Lipinski definition) is 5. The maximum atomic E-state index is 10.9. The quantitative estimate of drug-likeness (QED) is 0.465. The molecule has 0 aliphatic carbocycles. The lowest BCUT2D eigenvalue weighted by atomic mass is 10.2. The lowest BCUT2D eigenvalue weighted by Crippen LogP contribution is -2.25. The van der Waals surface area contributed by atoms with Gasteiger partial charge in [0.05, 0.1) is 13.0 Å². The lowest BCUT2D eigenvalue weighted by molar-refractivity contribution is -0.159. The Kier molecular flexibility index (Phi) is 6.12. The number of ketones is 1. The minimum atomic E-state index is -2.30. The predicted molar refractivity (Wildman–Crippen MR) is 54.7 cm³/mol. The van der Waals surface area contributed by atoms with E-state index in [-0.39, 0.29) is 25.2 Å². The first kappa shape index (κ1) is 14.6. The maximum absolute atomic E-state index is 10.9. The number of esters is 2. The normalized spacial score (nSPS) is 10.9. The Morgan fingerprint density at radius 2 is 1.67 bits per heavy atom. The molecule has 0 radical (unpaired) electrons. The van der Waals surface area contributed by atoms with Gasteiger partial charge in [-0.05, 0) is 0 Å². The third-order valence-corrected chi connectivity index (χ3v) is 1.74. The summed E-state index contributed by atoms with van der Waals surface area (Å²) in [5.41, 5.74) is 5.00. The first-order valence-electron chi connectivity index (χ1n) is 3.81. The van der Waals surface area contributed by atoms with E-state index in [4.69, 9.17) is 40.5 Å². The highest BCUT2D eigenvalue weighted by atomic mass is 35.6. The van der Waals surface area contributed by atoms with Crippen LogP contribution < -0.4 is 5.73 Å². The molecule has 0 unspecified atom stereocenters. The van der Waals surface area contributed by atoms with Gasteiger partial charge in [-0.15, -0.1) is 0 Å². The number of carbonyl (C=O) groups excluding carboxylic acids is 3. The fourth-order valence-electron chi connectivity index (χ4n) is 0.556. The van der Waals surface area contributed by atoms with Crippen molar-refractivity contribution in [1.29, 1.82) is 0 Å². The smallest absolute Gasteiger partial charge is 0.366 e. The first-order valence-corrected chi connectivity index (χ1v) is 4.94. The van der Waals surface area contributed by atoms with Crippen LogP contribution in [0.15, 0.2) is 0 Å². The van der Waals surface area contributed by atoms with Gasteiger partial charge in [0.1, 0.15) is 5.78 Å². The monoisotopic (exact) mass is 275 g/mol. The molecule has 0 heterocycles. The zero-order valence-electron chi connectivity index (χ0n) is 7.47. The standard InChI is InChI=1S/C7H8Cl3NO4/c8-7(9,10)6(14)15-5(13)2-1-4(12)3-11/h1-3,11H2. The van der Waals surface area contributed by atoms with E-state index in [0.29, 0.717) is 0 Å². The van der Waals surface area contributed by atoms with Gasteiger partial charge < -0.3 is 10.5 Å². The van der Waals surface area contributed by atoms with Crippen molar-refractivity contribution >= 4 is 52.5 Å². The van der Waals surface area contributed by atoms with E-state index < -0.39 is 15.7 Å². The predicted octanol–water partition coefficient (Wildman–Crippen LogP) is 0.734. The summed E-state index contributed by atoms with van der Waals surface area (Å²) in [7, 11) is 0. The van der Waals surface area contributed by atoms with Crippen molar-refractivity contribution in [2.75, 3.05) is 6.54 Å². The Morgan fingerprint density at radius 3 is 2.07 bits per heavy atom. The van der Waals surface area contributed by atoms with Crippen molar-refractivity contribution in [2.45, 2.75) is 16.6 Å². The molecule has 0 rings (SSSR count). The third kappa shape index (κ3) is 6.67. The summed E-state index contributed by atoms with van der Waals surface area (Å²) in [6.07, 6.45) is -0.384. The molecule has 0 amide bonds. The number of Topliss-reactive ketones (excluding diaryl/α,β-unsaturated/α-hetero) is 1. The second kappa shape index (κ2) is 6.27. The Balaban J connectivity index is 3.95. The molecule has 5 nitrogen and oxygen atoms in total. The van der Waals surface area contributed by atoms with Crippen LogP contribution in [0.2, 0.25) is 0 Å². The summed E-state index contributed by atoms with van der Waals surface area (Å²) < 4.78 is 1.84. The Hall–Kier alpha value is -0.360. The molecular formula is C7H8Cl3NO4. The van der Waals surface area contributed by atoms with Crippen molar-refractivity contribution in [3.8, 4) is 0 Å². The fraction of sp³-hybridized carbons (Fsp3) is 0.571. The molecule has 8 heteroatoms. The molecule has 0 aliphatic heterocycles. The second-order valence-corrected chi connectivity index (χ2v) is 4.78. The molecule has 0 atom stereocenters. The third-order valence-electron chi connectivity index (χ3n) is 1.27. The SMILES string of the molecule is NCC(=O)CCC(=O)OC(=O)C(Cl)(Cl)Cl. The number of carbonyl (C=O) groups is 3. The molecule has 0 saturated carbocycles. The average Bonchev–Trinajstić information content (AvgIpc) is 2.12. The number of ether oxygens (including phenoxy) is 1. The number of rotatable bonds is 4. The minimum Gasteiger partial charge on any atom is -0.390 e. The van der Waals surface area contributed by atoms with Crippen molar-refractivity contribution in [1.82, 2.24) is 0 Å². The molecule has 86 valence electrons. The number of hydrogen-bond donors (Lipinski definition) is 1. The average molecular weight is 277 g/mol. The van der Waals surface area contributed by atoms with E-state index in [2.05, 4.69) is 4.74 Å². The number of nitrogens with two attached hydrogens (primary N) is 1. The lowest BCUT2D eigenvalue weighted by Gasteiger charge is -2.08. The Morgan fingerprint density at radius 1 is 1.13 bits per heavy atom. The molecule has 0 saturated heterocycles. The van der Waals surface area contributed by atoms with Gasteiger partial charge in [0.25, 0.3) is 3.79 Å². The van der Waals surface area contributed by atoms with Gasteiger partial charge in [-0.25, -0.2) is 4.79 Å². The molecule has 0 aliphatic rings. The van der Waals surface area contributed by atoms with Crippen LogP contribution in [0.3, 0.4) is 0 Å². The van der Waals surface area contributed by atoms with Crippen molar-refractivity contribution < 1.29 is 19.1 Å². The zero-order valence-corrected chi connectivity index (χ0v) is 9.73. The van der Waals surface area contributed by atoms with Crippen molar-refractivity contribution in [2.24, 2.45) is 5.73 Å². The van der Waals surface area contributed by atoms with Gasteiger partial charge in [-0.3, -0.25) is 9.59 Å². The number of alkyl halides is 3. The summed E-state index contributed by atoms with van der Waals surface area (Å²) in [5.74, 6) is -2.56. The molecule has 0 spiro atoms. The molecule has 0 fully saturated rings. The van der Waals surface area contributed by atoms with E-state index in [1.807, 2.05) is 0 Å². The topological polar surface area (TPSA) is 86.5 Å². The van der Waals surface area contributed by atoms with Crippen LogP contribution in [0.1, 0.15) is 12.8 Å². The molecular weight excluding hydrogens is 268 g/mol. The molecule has 0 bridgehead atoms. The highest BCUT2D eigenvalue weighted by Gasteiger charge is 2.34. The van der Waals surface area contributed by atoms with Crippen LogP contribution >= 0.6 is 34.8 Å². The maximum Gasteiger partial charge on any atom is 0.366 e. The van der Waals surface area contributed by atoms with Crippen LogP contribution in [0.5, 0.6) is 0 Å². The zero-order chi connectivity index (χ0) is 12.1. The van der Waals surface area contributed by atoms with Gasteiger partial charge in [0.2, 0.25) is 0 Å². The van der Waals surface area contributed by atoms with Gasteiger partial charge in [0.15, 0.2) is 0 Å². The first-order chi connectivity index (χ1) is 6.77. The summed E-state index contributed by atoms with van der Waals surface area (Å²) in [6.45, 7) is -0.175. The molecule has 0 aromatic heterocycles. The van der Waals surface area contributed by atoms with E-state index >= 15 is 0 Å². The molecule has 0 aromatic rings. The van der Waals surface area contributed by atoms with Crippen molar-refractivity contribution in [3.63, 3.8) is 0 Å². The van der Waals surface area contributed by atoms with E-state index in [1.54, 1.807) is 0 Å². The van der Waals surface area contributed by atoms with E-state index in [1.165, 1.54) is 0 Å². The number of halogens is 3. The fourth-order valence-corrected chi connectivity index (χ4v) is 0.672. The Labute approximate surface area is 101 Å². The summed E-state index contributed by atoms with van der Waals surface area (Å²) >= 11 is 15.4. The van der Waals surface area contributed by atoms with Crippen LogP contribution in [0.4, 0.5) is 0 Å². The highest BCUT2D eigenvalue weighted by molar-refractivity contribution is 6.75. The van der Waals surface area contributed by atoms with E-state index in [9.17, 15) is 14.4 Å². The largest absolute Gasteiger partial charge is 0.390 e. The van der Waals surface area contributed by atoms with Gasteiger partial charge in [-0.2, -0.15) is 0 Å². The second-order valence-electron chi connectivity index (χ2n) is 2.50. The summed E-state index contributed by atoms with van der Waals surface area (Å²) in [4.78, 5) is 32.5. The van der Waals surface area contributed by atoms with Gasteiger partial charge in [0, 0.05) is 6.42 Å². The molecule has 0 aromatic carbocycles. The Bertz CT molecular complexity index is 274. The van der Waals surface area contributed by atoms with Crippen LogP contribution in [0, 0.1) is 0 Å². The summed E-state index contributed by atoms with van der Waals surface area (Å²) in [6, 6.07) is 0. The van der Waals surface area contributed by atoms with Crippen LogP contribution in [-0.2, 0) is 19.1 Å². The van der Waals surface area contributed by atoms with E-state index in [0.717, 1.165) is 0 Å².